The second kappa shape index (κ2) is 8.57. The number of rotatable bonds is 6. The van der Waals surface area contributed by atoms with Gasteiger partial charge < -0.3 is 9.47 Å². The molecule has 0 bridgehead atoms. The van der Waals surface area contributed by atoms with E-state index in [1.165, 1.54) is 19.3 Å². The molecule has 120 valence electrons. The molecule has 0 N–H and O–H groups in total. The molecule has 1 aromatic rings. The average molecular weight is 304 g/mol. The molecule has 0 saturated heterocycles. The number of carbonyl (C=O) groups excluding carboxylic acids is 2. The zero-order valence-electron chi connectivity index (χ0n) is 13.2. The van der Waals surface area contributed by atoms with Crippen molar-refractivity contribution < 1.29 is 19.1 Å². The molecular formula is C18H24O4. The molecule has 0 spiro atoms. The summed E-state index contributed by atoms with van der Waals surface area (Å²) in [5.41, 5.74) is 0.794. The lowest BCUT2D eigenvalue weighted by molar-refractivity contribution is 0.0410. The molecule has 0 radical (unpaired) electrons. The Morgan fingerprint density at radius 3 is 2.32 bits per heavy atom. The minimum Gasteiger partial charge on any atom is -0.462 e. The van der Waals surface area contributed by atoms with Crippen LogP contribution < -0.4 is 0 Å². The molecule has 1 aromatic carbocycles. The molecule has 1 aliphatic rings. The van der Waals surface area contributed by atoms with Gasteiger partial charge >= 0.3 is 11.9 Å². The van der Waals surface area contributed by atoms with Gasteiger partial charge in [0.05, 0.1) is 24.3 Å². The fourth-order valence-corrected chi connectivity index (χ4v) is 2.68. The fourth-order valence-electron chi connectivity index (χ4n) is 2.68. The zero-order valence-corrected chi connectivity index (χ0v) is 13.2. The highest BCUT2D eigenvalue weighted by molar-refractivity contribution is 5.95. The zero-order chi connectivity index (χ0) is 15.8. The highest BCUT2D eigenvalue weighted by Gasteiger charge is 2.17. The van der Waals surface area contributed by atoms with Gasteiger partial charge in [-0.1, -0.05) is 32.3 Å². The van der Waals surface area contributed by atoms with Gasteiger partial charge in [-0.3, -0.25) is 0 Å². The van der Waals surface area contributed by atoms with Crippen LogP contribution in [0.5, 0.6) is 0 Å². The van der Waals surface area contributed by atoms with Crippen molar-refractivity contribution in [1.29, 1.82) is 0 Å². The monoisotopic (exact) mass is 304 g/mol. The molecule has 4 heteroatoms. The lowest BCUT2D eigenvalue weighted by Crippen LogP contribution is -2.17. The number of hydrogen-bond donors (Lipinski definition) is 0. The van der Waals surface area contributed by atoms with Crippen molar-refractivity contribution in [3.05, 3.63) is 35.4 Å². The predicted molar refractivity (Wildman–Crippen MR) is 83.9 cm³/mol. The van der Waals surface area contributed by atoms with Crippen molar-refractivity contribution in [1.82, 2.24) is 0 Å². The van der Waals surface area contributed by atoms with E-state index in [9.17, 15) is 9.59 Å². The number of hydrogen-bond acceptors (Lipinski definition) is 4. The van der Waals surface area contributed by atoms with E-state index in [1.807, 2.05) is 6.92 Å². The summed E-state index contributed by atoms with van der Waals surface area (Å²) in [5, 5.41) is 0. The molecular weight excluding hydrogens is 280 g/mol. The number of carbonyl (C=O) groups is 2. The number of esters is 2. The molecule has 1 saturated carbocycles. The van der Waals surface area contributed by atoms with E-state index in [0.29, 0.717) is 30.3 Å². The highest BCUT2D eigenvalue weighted by atomic mass is 16.5. The molecule has 4 nitrogen and oxygen atoms in total. The molecule has 1 aliphatic carbocycles. The van der Waals surface area contributed by atoms with Crippen LogP contribution in [0.1, 0.15) is 66.2 Å². The first-order chi connectivity index (χ1) is 10.7. The van der Waals surface area contributed by atoms with E-state index in [-0.39, 0.29) is 5.97 Å². The first kappa shape index (κ1) is 16.5. The largest absolute Gasteiger partial charge is 0.462 e. The topological polar surface area (TPSA) is 52.6 Å². The van der Waals surface area contributed by atoms with Gasteiger partial charge in [0.1, 0.15) is 0 Å². The van der Waals surface area contributed by atoms with Crippen molar-refractivity contribution in [2.45, 2.75) is 45.4 Å². The molecule has 0 unspecified atom stereocenters. The first-order valence-electron chi connectivity index (χ1n) is 8.15. The lowest BCUT2D eigenvalue weighted by atomic mass is 9.90. The minimum absolute atomic E-state index is 0.365. The maximum Gasteiger partial charge on any atom is 0.338 e. The van der Waals surface area contributed by atoms with E-state index in [2.05, 4.69) is 0 Å². The van der Waals surface area contributed by atoms with E-state index >= 15 is 0 Å². The fraction of sp³-hybridized carbons (Fsp3) is 0.556. The lowest BCUT2D eigenvalue weighted by Gasteiger charge is -2.21. The smallest absolute Gasteiger partial charge is 0.338 e. The van der Waals surface area contributed by atoms with Gasteiger partial charge in [0, 0.05) is 0 Å². The van der Waals surface area contributed by atoms with E-state index in [1.54, 1.807) is 24.3 Å². The molecule has 0 aromatic heterocycles. The Hall–Kier alpha value is -1.84. The second-order valence-corrected chi connectivity index (χ2v) is 5.82. The third-order valence-corrected chi connectivity index (χ3v) is 3.95. The number of benzene rings is 1. The first-order valence-corrected chi connectivity index (χ1v) is 8.15. The summed E-state index contributed by atoms with van der Waals surface area (Å²) in [6.07, 6.45) is 6.77. The molecule has 22 heavy (non-hydrogen) atoms. The summed E-state index contributed by atoms with van der Waals surface area (Å²) in [5.74, 6) is -0.283. The standard InChI is InChI=1S/C18H24O4/c1-2-11-21-17(19)15-9-6-10-16(12-15)18(20)22-13-14-7-4-3-5-8-14/h6,9-10,12,14H,2-5,7-8,11,13H2,1H3. The maximum absolute atomic E-state index is 12.1. The summed E-state index contributed by atoms with van der Waals surface area (Å²) in [6, 6.07) is 6.54. The van der Waals surface area contributed by atoms with E-state index in [4.69, 9.17) is 9.47 Å². The van der Waals surface area contributed by atoms with Gasteiger partial charge in [-0.05, 0) is 43.4 Å². The van der Waals surface area contributed by atoms with Crippen LogP contribution in [0.4, 0.5) is 0 Å². The summed E-state index contributed by atoms with van der Waals surface area (Å²) >= 11 is 0. The van der Waals surface area contributed by atoms with Crippen LogP contribution in [0.15, 0.2) is 24.3 Å². The van der Waals surface area contributed by atoms with Gasteiger partial charge in [-0.25, -0.2) is 9.59 Å². The van der Waals surface area contributed by atoms with Crippen LogP contribution in [-0.2, 0) is 9.47 Å². The van der Waals surface area contributed by atoms with Gasteiger partial charge in [-0.15, -0.1) is 0 Å². The molecule has 0 atom stereocenters. The Bertz CT molecular complexity index is 504. The summed E-state index contributed by atoms with van der Waals surface area (Å²) in [7, 11) is 0. The molecule has 1 fully saturated rings. The third-order valence-electron chi connectivity index (χ3n) is 3.95. The van der Waals surface area contributed by atoms with Crippen molar-refractivity contribution >= 4 is 11.9 Å². The second-order valence-electron chi connectivity index (χ2n) is 5.82. The normalized spacial score (nSPS) is 15.3. The Kier molecular flexibility index (Phi) is 6.44. The molecule has 0 amide bonds. The number of ether oxygens (including phenoxy) is 2. The predicted octanol–water partition coefficient (Wildman–Crippen LogP) is 3.99. The summed E-state index contributed by atoms with van der Waals surface area (Å²) in [6.45, 7) is 2.80. The Balaban J connectivity index is 1.90. The van der Waals surface area contributed by atoms with Crippen LogP contribution >= 0.6 is 0 Å². The van der Waals surface area contributed by atoms with Gasteiger partial charge in [0.15, 0.2) is 0 Å². The van der Waals surface area contributed by atoms with Crippen LogP contribution in [-0.4, -0.2) is 25.2 Å². The molecule has 2 rings (SSSR count). The summed E-state index contributed by atoms with van der Waals surface area (Å²) < 4.78 is 10.5. The third kappa shape index (κ3) is 4.86. The average Bonchev–Trinajstić information content (AvgIpc) is 2.58. The van der Waals surface area contributed by atoms with Crippen LogP contribution in [0, 0.1) is 5.92 Å². The SMILES string of the molecule is CCCOC(=O)c1cccc(C(=O)OCC2CCCCC2)c1. The van der Waals surface area contributed by atoms with Gasteiger partial charge in [0.2, 0.25) is 0 Å². The van der Waals surface area contributed by atoms with Crippen LogP contribution in [0.3, 0.4) is 0 Å². The molecule has 0 heterocycles. The minimum atomic E-state index is -0.399. The highest BCUT2D eigenvalue weighted by Crippen LogP contribution is 2.24. The maximum atomic E-state index is 12.1. The van der Waals surface area contributed by atoms with Crippen LogP contribution in [0.25, 0.3) is 0 Å². The van der Waals surface area contributed by atoms with Crippen molar-refractivity contribution in [2.24, 2.45) is 5.92 Å². The Morgan fingerprint density at radius 2 is 1.68 bits per heavy atom. The Labute approximate surface area is 131 Å². The summed E-state index contributed by atoms with van der Waals surface area (Å²) in [4.78, 5) is 23.9. The van der Waals surface area contributed by atoms with Gasteiger partial charge in [-0.2, -0.15) is 0 Å². The van der Waals surface area contributed by atoms with E-state index in [0.717, 1.165) is 19.3 Å². The van der Waals surface area contributed by atoms with Crippen molar-refractivity contribution in [3.8, 4) is 0 Å². The van der Waals surface area contributed by atoms with Crippen molar-refractivity contribution in [2.75, 3.05) is 13.2 Å². The quantitative estimate of drug-likeness (QED) is 0.746. The molecule has 0 aliphatic heterocycles. The van der Waals surface area contributed by atoms with E-state index < -0.39 is 5.97 Å². The van der Waals surface area contributed by atoms with Crippen LogP contribution in [0.2, 0.25) is 0 Å². The Morgan fingerprint density at radius 1 is 1.05 bits per heavy atom. The van der Waals surface area contributed by atoms with Gasteiger partial charge in [0.25, 0.3) is 0 Å². The van der Waals surface area contributed by atoms with Crippen molar-refractivity contribution in [3.63, 3.8) is 0 Å².